The Hall–Kier alpha value is -6.27. The van der Waals surface area contributed by atoms with Gasteiger partial charge in [0.05, 0.1) is 5.41 Å². The van der Waals surface area contributed by atoms with E-state index in [0.717, 1.165) is 27.0 Å². The van der Waals surface area contributed by atoms with E-state index in [1.165, 1.54) is 54.9 Å². The predicted octanol–water partition coefficient (Wildman–Crippen LogP) is 11.7. The molecule has 0 saturated heterocycles. The second kappa shape index (κ2) is 12.4. The van der Waals surface area contributed by atoms with Gasteiger partial charge in [-0.3, -0.25) is 0 Å². The summed E-state index contributed by atoms with van der Waals surface area (Å²) in [6.45, 7) is 0. The Morgan fingerprint density at radius 1 is 0.340 bits per heavy atom. The van der Waals surface area contributed by atoms with E-state index in [9.17, 15) is 0 Å². The van der Waals surface area contributed by atoms with Gasteiger partial charge >= 0.3 is 0 Å². The van der Waals surface area contributed by atoms with Gasteiger partial charge in [-0.25, -0.2) is 0 Å². The Bertz CT molecular complexity index is 2790. The van der Waals surface area contributed by atoms with Crippen LogP contribution in [-0.4, -0.2) is 0 Å². The lowest BCUT2D eigenvalue weighted by Gasteiger charge is -2.35. The van der Waals surface area contributed by atoms with Crippen molar-refractivity contribution in [1.29, 1.82) is 0 Å². The Morgan fingerprint density at radius 3 is 1.53 bits per heavy atom. The first-order valence-corrected chi connectivity index (χ1v) is 19.9. The molecule has 1 atom stereocenters. The number of hydrogen-bond acceptors (Lipinski definition) is 1. The molecule has 53 heavy (non-hydrogen) atoms. The predicted molar refractivity (Wildman–Crippen MR) is 224 cm³/mol. The lowest BCUT2D eigenvalue weighted by atomic mass is 9.66. The quantitative estimate of drug-likeness (QED) is 0.158. The van der Waals surface area contributed by atoms with Gasteiger partial charge in [0.25, 0.3) is 0 Å². The van der Waals surface area contributed by atoms with E-state index >= 15 is 4.57 Å². The van der Waals surface area contributed by atoms with E-state index in [1.807, 2.05) is 60.7 Å². The SMILES string of the molecule is O=P(c1ccccc1)(c1ccccc1)c1ccc(-c2ccc3c(c2)C(c2ccccc2)(c2cccc4ccccc24)c2cc4ccccc4cc2-3)cc1. The van der Waals surface area contributed by atoms with Gasteiger partial charge in [-0.15, -0.1) is 0 Å². The molecule has 9 aromatic rings. The van der Waals surface area contributed by atoms with Crippen molar-refractivity contribution in [3.8, 4) is 22.3 Å². The third kappa shape index (κ3) is 4.82. The number of rotatable bonds is 6. The zero-order valence-electron chi connectivity index (χ0n) is 29.1. The number of hydrogen-bond donors (Lipinski definition) is 0. The molecule has 0 amide bonds. The maximum Gasteiger partial charge on any atom is 0.171 e. The zero-order valence-corrected chi connectivity index (χ0v) is 30.0. The van der Waals surface area contributed by atoms with Crippen LogP contribution in [0.5, 0.6) is 0 Å². The van der Waals surface area contributed by atoms with Crippen LogP contribution < -0.4 is 15.9 Å². The van der Waals surface area contributed by atoms with Crippen molar-refractivity contribution in [3.63, 3.8) is 0 Å². The summed E-state index contributed by atoms with van der Waals surface area (Å²) >= 11 is 0. The third-order valence-corrected chi connectivity index (χ3v) is 14.3. The molecule has 0 fully saturated rings. The zero-order chi connectivity index (χ0) is 35.4. The summed E-state index contributed by atoms with van der Waals surface area (Å²) < 4.78 is 15.2. The van der Waals surface area contributed by atoms with Crippen LogP contribution in [-0.2, 0) is 9.98 Å². The van der Waals surface area contributed by atoms with Crippen molar-refractivity contribution in [2.75, 3.05) is 0 Å². The van der Waals surface area contributed by atoms with Gasteiger partial charge in [0.15, 0.2) is 7.14 Å². The average Bonchev–Trinajstić information content (AvgIpc) is 3.52. The minimum Gasteiger partial charge on any atom is -0.309 e. The highest BCUT2D eigenvalue weighted by molar-refractivity contribution is 7.85. The molecule has 0 heterocycles. The molecule has 1 aliphatic rings. The molecule has 0 N–H and O–H groups in total. The van der Waals surface area contributed by atoms with Crippen LogP contribution in [0.3, 0.4) is 0 Å². The second-order valence-corrected chi connectivity index (χ2v) is 16.7. The van der Waals surface area contributed by atoms with E-state index < -0.39 is 12.6 Å². The van der Waals surface area contributed by atoms with Crippen molar-refractivity contribution in [2.45, 2.75) is 5.41 Å². The second-order valence-electron chi connectivity index (χ2n) is 14.0. The van der Waals surface area contributed by atoms with Crippen LogP contribution in [0.2, 0.25) is 0 Å². The average molecular weight is 695 g/mol. The van der Waals surface area contributed by atoms with Gasteiger partial charge < -0.3 is 4.57 Å². The fraction of sp³-hybridized carbons (Fsp3) is 0.0196. The minimum absolute atomic E-state index is 0.566. The van der Waals surface area contributed by atoms with Crippen molar-refractivity contribution < 1.29 is 4.57 Å². The van der Waals surface area contributed by atoms with Crippen LogP contribution in [0.1, 0.15) is 22.3 Å². The fourth-order valence-corrected chi connectivity index (χ4v) is 11.4. The summed E-state index contributed by atoms with van der Waals surface area (Å²) in [6.07, 6.45) is 0. The maximum atomic E-state index is 15.2. The monoisotopic (exact) mass is 694 g/mol. The summed E-state index contributed by atoms with van der Waals surface area (Å²) in [5, 5.41) is 7.45. The molecule has 1 unspecified atom stereocenters. The summed E-state index contributed by atoms with van der Waals surface area (Å²) in [6, 6.07) is 75.3. The largest absolute Gasteiger partial charge is 0.309 e. The topological polar surface area (TPSA) is 17.1 Å². The molecule has 0 spiro atoms. The lowest BCUT2D eigenvalue weighted by molar-refractivity contribution is 0.592. The van der Waals surface area contributed by atoms with Gasteiger partial charge in [0.2, 0.25) is 0 Å². The van der Waals surface area contributed by atoms with E-state index in [-0.39, 0.29) is 0 Å². The molecule has 250 valence electrons. The van der Waals surface area contributed by atoms with Crippen molar-refractivity contribution in [2.24, 2.45) is 0 Å². The van der Waals surface area contributed by atoms with Gasteiger partial charge in [0.1, 0.15) is 0 Å². The molecule has 1 aliphatic carbocycles. The third-order valence-electron chi connectivity index (χ3n) is 11.2. The van der Waals surface area contributed by atoms with E-state index in [2.05, 4.69) is 152 Å². The first-order valence-electron chi connectivity index (χ1n) is 18.2. The standard InChI is InChI=1S/C51H35OP/c52-53(42-21-6-2-7-22-42,43-23-8-3-9-24-43)44-30-27-36(28-31-44)40-29-32-46-47-33-38-16-10-11-17-39(38)34-50(47)51(49(46)35-40,41-19-4-1-5-20-41)48-26-14-18-37-15-12-13-25-45(37)48/h1-35H. The highest BCUT2D eigenvalue weighted by Gasteiger charge is 2.47. The van der Waals surface area contributed by atoms with Gasteiger partial charge in [-0.1, -0.05) is 194 Å². The highest BCUT2D eigenvalue weighted by atomic mass is 31.2. The first-order chi connectivity index (χ1) is 26.2. The molecule has 1 nitrogen and oxygen atoms in total. The molecule has 0 saturated carbocycles. The van der Waals surface area contributed by atoms with Crippen LogP contribution in [0.25, 0.3) is 43.8 Å². The van der Waals surface area contributed by atoms with Gasteiger partial charge in [0, 0.05) is 15.9 Å². The Labute approximate surface area is 310 Å². The van der Waals surface area contributed by atoms with E-state index in [0.29, 0.717) is 0 Å². The smallest absolute Gasteiger partial charge is 0.171 e. The molecule has 0 bridgehead atoms. The molecule has 9 aromatic carbocycles. The van der Waals surface area contributed by atoms with Crippen LogP contribution >= 0.6 is 7.14 Å². The van der Waals surface area contributed by atoms with E-state index in [4.69, 9.17) is 0 Å². The van der Waals surface area contributed by atoms with Crippen LogP contribution in [0.4, 0.5) is 0 Å². The summed E-state index contributed by atoms with van der Waals surface area (Å²) in [4.78, 5) is 0. The molecule has 0 aromatic heterocycles. The molecule has 10 rings (SSSR count). The van der Waals surface area contributed by atoms with Crippen molar-refractivity contribution >= 4 is 44.6 Å². The summed E-state index contributed by atoms with van der Waals surface area (Å²) in [7, 11) is -3.09. The fourth-order valence-electron chi connectivity index (χ4n) is 8.77. The molecular weight excluding hydrogens is 660 g/mol. The minimum atomic E-state index is -3.09. The highest BCUT2D eigenvalue weighted by Crippen LogP contribution is 2.58. The maximum absolute atomic E-state index is 15.2. The van der Waals surface area contributed by atoms with E-state index in [1.54, 1.807) is 0 Å². The van der Waals surface area contributed by atoms with Gasteiger partial charge in [-0.05, 0) is 84.3 Å². The van der Waals surface area contributed by atoms with Gasteiger partial charge in [-0.2, -0.15) is 0 Å². The number of fused-ring (bicyclic) bond motifs is 5. The molecule has 0 aliphatic heterocycles. The summed E-state index contributed by atoms with van der Waals surface area (Å²) in [5.41, 5.74) is 9.25. The number of benzene rings is 9. The first kappa shape index (κ1) is 31.5. The normalized spacial score (nSPS) is 14.9. The Kier molecular flexibility index (Phi) is 7.39. The Balaban J connectivity index is 1.21. The summed E-state index contributed by atoms with van der Waals surface area (Å²) in [5.74, 6) is 0. The molecular formula is C51H35OP. The van der Waals surface area contributed by atoms with Crippen molar-refractivity contribution in [1.82, 2.24) is 0 Å². The Morgan fingerprint density at radius 2 is 0.849 bits per heavy atom. The van der Waals surface area contributed by atoms with Crippen LogP contribution in [0.15, 0.2) is 212 Å². The lowest BCUT2D eigenvalue weighted by Crippen LogP contribution is -2.29. The molecule has 0 radical (unpaired) electrons. The van der Waals surface area contributed by atoms with Crippen LogP contribution in [0, 0.1) is 0 Å². The van der Waals surface area contributed by atoms with Crippen molar-refractivity contribution in [3.05, 3.63) is 235 Å². The molecule has 2 heteroatoms.